The van der Waals surface area contributed by atoms with Crippen LogP contribution in [0, 0.1) is 0 Å². The molecular formula is C13H21O3PSi. The Labute approximate surface area is 110 Å². The van der Waals surface area contributed by atoms with E-state index in [1.54, 1.807) is 0 Å². The van der Waals surface area contributed by atoms with Crippen LogP contribution in [0.2, 0.25) is 19.6 Å². The molecule has 0 unspecified atom stereocenters. The van der Waals surface area contributed by atoms with Gasteiger partial charge >= 0.3 is 7.60 Å². The minimum Gasteiger partial charge on any atom is -0.309 e. The Morgan fingerprint density at radius 3 is 2.00 bits per heavy atom. The van der Waals surface area contributed by atoms with E-state index in [1.807, 2.05) is 36.4 Å². The Balaban J connectivity index is 3.32. The topological polar surface area (TPSA) is 35.5 Å². The molecule has 0 amide bonds. The summed E-state index contributed by atoms with van der Waals surface area (Å²) in [5.41, 5.74) is 1.02. The summed E-state index contributed by atoms with van der Waals surface area (Å²) in [6, 6.07) is 9.83. The zero-order chi connectivity index (χ0) is 13.8. The van der Waals surface area contributed by atoms with Crippen molar-refractivity contribution in [2.75, 3.05) is 14.2 Å². The average Bonchev–Trinajstić information content (AvgIpc) is 2.35. The highest BCUT2D eigenvalue weighted by atomic mass is 31.2. The van der Waals surface area contributed by atoms with Crippen LogP contribution >= 0.6 is 7.60 Å². The van der Waals surface area contributed by atoms with Crippen LogP contribution in [0.5, 0.6) is 0 Å². The zero-order valence-electron chi connectivity index (χ0n) is 11.6. The smallest absolute Gasteiger partial charge is 0.309 e. The third-order valence-corrected chi connectivity index (χ3v) is 8.84. The Morgan fingerprint density at radius 2 is 1.61 bits per heavy atom. The van der Waals surface area contributed by atoms with Gasteiger partial charge in [-0.05, 0) is 11.6 Å². The van der Waals surface area contributed by atoms with Gasteiger partial charge in [-0.3, -0.25) is 4.57 Å². The minimum absolute atomic E-state index is 0.811. The molecule has 0 spiro atoms. The Kier molecular flexibility index (Phi) is 5.11. The minimum atomic E-state index is -3.16. The highest BCUT2D eigenvalue weighted by Gasteiger charge is 2.37. The monoisotopic (exact) mass is 284 g/mol. The summed E-state index contributed by atoms with van der Waals surface area (Å²) in [6.07, 6.45) is 1.94. The van der Waals surface area contributed by atoms with Gasteiger partial charge in [0.2, 0.25) is 0 Å². The zero-order valence-corrected chi connectivity index (χ0v) is 13.5. The van der Waals surface area contributed by atoms with E-state index in [2.05, 4.69) is 19.6 Å². The number of hydrogen-bond acceptors (Lipinski definition) is 3. The molecule has 5 heteroatoms. The van der Waals surface area contributed by atoms with Crippen LogP contribution < -0.4 is 0 Å². The van der Waals surface area contributed by atoms with Crippen LogP contribution in [0.1, 0.15) is 5.56 Å². The molecule has 0 bridgehead atoms. The lowest BCUT2D eigenvalue weighted by atomic mass is 10.2. The third-order valence-electron chi connectivity index (χ3n) is 2.65. The first-order valence-electron chi connectivity index (χ1n) is 5.83. The largest absolute Gasteiger partial charge is 0.352 e. The van der Waals surface area contributed by atoms with Gasteiger partial charge in [-0.25, -0.2) is 0 Å². The van der Waals surface area contributed by atoms with E-state index in [4.69, 9.17) is 9.05 Å². The lowest BCUT2D eigenvalue weighted by Crippen LogP contribution is -2.24. The van der Waals surface area contributed by atoms with Gasteiger partial charge in [0.25, 0.3) is 0 Å². The average molecular weight is 284 g/mol. The molecule has 1 aromatic carbocycles. The molecule has 0 saturated carbocycles. The van der Waals surface area contributed by atoms with Crippen molar-refractivity contribution in [3.63, 3.8) is 0 Å². The molecule has 0 N–H and O–H groups in total. The van der Waals surface area contributed by atoms with Gasteiger partial charge in [-0.1, -0.05) is 50.0 Å². The van der Waals surface area contributed by atoms with Crippen molar-refractivity contribution in [3.05, 3.63) is 40.8 Å². The second-order valence-electron chi connectivity index (χ2n) is 5.05. The molecule has 0 saturated heterocycles. The fraction of sp³-hybridized carbons (Fsp3) is 0.385. The van der Waals surface area contributed by atoms with E-state index < -0.39 is 15.7 Å². The van der Waals surface area contributed by atoms with Crippen molar-refractivity contribution in [1.82, 2.24) is 0 Å². The molecule has 1 aromatic rings. The third kappa shape index (κ3) is 3.66. The molecule has 100 valence electrons. The molecular weight excluding hydrogens is 263 g/mol. The van der Waals surface area contributed by atoms with Crippen molar-refractivity contribution in [2.45, 2.75) is 19.6 Å². The van der Waals surface area contributed by atoms with Gasteiger partial charge < -0.3 is 9.05 Å². The van der Waals surface area contributed by atoms with Crippen LogP contribution in [0.3, 0.4) is 0 Å². The van der Waals surface area contributed by atoms with Gasteiger partial charge in [0.1, 0.15) is 0 Å². The number of benzene rings is 1. The number of rotatable bonds is 5. The van der Waals surface area contributed by atoms with Crippen LogP contribution in [-0.4, -0.2) is 22.3 Å². The second-order valence-corrected chi connectivity index (χ2v) is 12.7. The Hall–Kier alpha value is -0.673. The fourth-order valence-electron chi connectivity index (χ4n) is 1.68. The quantitative estimate of drug-likeness (QED) is 0.594. The predicted molar refractivity (Wildman–Crippen MR) is 79.4 cm³/mol. The Morgan fingerprint density at radius 1 is 1.11 bits per heavy atom. The normalized spacial score (nSPS) is 13.7. The molecule has 0 aliphatic heterocycles. The molecule has 0 aliphatic rings. The van der Waals surface area contributed by atoms with E-state index in [9.17, 15) is 4.57 Å². The maximum atomic E-state index is 12.6. The first-order valence-corrected chi connectivity index (χ1v) is 10.9. The van der Waals surface area contributed by atoms with Gasteiger partial charge in [0.15, 0.2) is 0 Å². The van der Waals surface area contributed by atoms with Crippen LogP contribution in [0.4, 0.5) is 0 Å². The predicted octanol–water partition coefficient (Wildman–Crippen LogP) is 4.39. The summed E-state index contributed by atoms with van der Waals surface area (Å²) >= 11 is 0. The SMILES string of the molecule is COP(=O)(OC)/C(=C/c1ccccc1)[Si](C)(C)C. The van der Waals surface area contributed by atoms with Crippen molar-refractivity contribution in [3.8, 4) is 0 Å². The summed E-state index contributed by atoms with van der Waals surface area (Å²) < 4.78 is 22.9. The van der Waals surface area contributed by atoms with E-state index in [-0.39, 0.29) is 0 Å². The van der Waals surface area contributed by atoms with E-state index in [0.29, 0.717) is 0 Å². The van der Waals surface area contributed by atoms with Crippen LogP contribution in [-0.2, 0) is 13.6 Å². The fourth-order valence-corrected chi connectivity index (χ4v) is 6.97. The van der Waals surface area contributed by atoms with Gasteiger partial charge in [0, 0.05) is 19.2 Å². The molecule has 3 nitrogen and oxygen atoms in total. The first-order chi connectivity index (χ1) is 8.33. The molecule has 18 heavy (non-hydrogen) atoms. The van der Waals surface area contributed by atoms with Gasteiger partial charge in [0.05, 0.1) is 8.07 Å². The van der Waals surface area contributed by atoms with Crippen LogP contribution in [0.15, 0.2) is 35.3 Å². The van der Waals surface area contributed by atoms with Crippen molar-refractivity contribution >= 4 is 21.7 Å². The molecule has 0 aliphatic carbocycles. The molecule has 0 atom stereocenters. The molecule has 0 aromatic heterocycles. The number of hydrogen-bond donors (Lipinski definition) is 0. The maximum Gasteiger partial charge on any atom is 0.352 e. The molecule has 1 rings (SSSR count). The first kappa shape index (κ1) is 15.4. The standard InChI is InChI=1S/C13H21O3PSi/c1-15-17(14,16-2)13(18(3,4)5)11-12-9-7-6-8-10-12/h6-11H,1-5H3/b13-11-. The summed E-state index contributed by atoms with van der Waals surface area (Å²) in [6.45, 7) is 6.39. The molecule has 0 fully saturated rings. The van der Waals surface area contributed by atoms with E-state index in [0.717, 1.165) is 10.5 Å². The lowest BCUT2D eigenvalue weighted by molar-refractivity contribution is 0.285. The maximum absolute atomic E-state index is 12.6. The summed E-state index contributed by atoms with van der Waals surface area (Å²) in [7, 11) is -2.09. The van der Waals surface area contributed by atoms with Crippen molar-refractivity contribution in [2.24, 2.45) is 0 Å². The summed E-state index contributed by atoms with van der Waals surface area (Å²) in [5.74, 6) is 0. The lowest BCUT2D eigenvalue weighted by Gasteiger charge is -2.26. The van der Waals surface area contributed by atoms with Gasteiger partial charge in [-0.15, -0.1) is 0 Å². The highest BCUT2D eigenvalue weighted by Crippen LogP contribution is 2.58. The molecule has 0 heterocycles. The van der Waals surface area contributed by atoms with E-state index in [1.165, 1.54) is 14.2 Å². The summed E-state index contributed by atoms with van der Waals surface area (Å²) in [4.78, 5) is 0.811. The van der Waals surface area contributed by atoms with Gasteiger partial charge in [-0.2, -0.15) is 0 Å². The van der Waals surface area contributed by atoms with Crippen molar-refractivity contribution < 1.29 is 13.6 Å². The van der Waals surface area contributed by atoms with E-state index >= 15 is 0 Å². The van der Waals surface area contributed by atoms with Crippen molar-refractivity contribution in [1.29, 1.82) is 0 Å². The molecule has 0 radical (unpaired) electrons. The second kappa shape index (κ2) is 5.98. The highest BCUT2D eigenvalue weighted by molar-refractivity contribution is 7.63. The van der Waals surface area contributed by atoms with Crippen LogP contribution in [0.25, 0.3) is 6.08 Å². The Bertz CT molecular complexity index is 455. The summed E-state index contributed by atoms with van der Waals surface area (Å²) in [5, 5.41) is 0.